The van der Waals surface area contributed by atoms with E-state index in [-0.39, 0.29) is 4.90 Å². The molecule has 0 atom stereocenters. The van der Waals surface area contributed by atoms with Gasteiger partial charge < -0.3 is 4.74 Å². The van der Waals surface area contributed by atoms with E-state index < -0.39 is 10.0 Å². The van der Waals surface area contributed by atoms with Gasteiger partial charge in [0, 0.05) is 27.5 Å². The molecule has 130 valence electrons. The Labute approximate surface area is 160 Å². The number of sulfonamides is 1. The van der Waals surface area contributed by atoms with E-state index in [9.17, 15) is 8.42 Å². The molecule has 2 aromatic carbocycles. The minimum absolute atomic E-state index is 0.121. The second-order valence-electron chi connectivity index (χ2n) is 4.84. The SMILES string of the molecule is COc1ccc(Br)cc1S(=O)(=O)NCCSCc1ccccc1Cl. The molecule has 0 unspecified atom stereocenters. The lowest BCUT2D eigenvalue weighted by Gasteiger charge is -2.11. The zero-order chi connectivity index (χ0) is 17.6. The molecule has 0 aliphatic carbocycles. The predicted octanol–water partition coefficient (Wildman–Crippen LogP) is 4.32. The van der Waals surface area contributed by atoms with Crippen LogP contribution in [0.4, 0.5) is 0 Å². The summed E-state index contributed by atoms with van der Waals surface area (Å²) < 4.78 is 33.2. The van der Waals surface area contributed by atoms with Crippen molar-refractivity contribution in [1.82, 2.24) is 4.72 Å². The van der Waals surface area contributed by atoms with Crippen LogP contribution in [0, 0.1) is 0 Å². The Morgan fingerprint density at radius 3 is 2.71 bits per heavy atom. The molecular weight excluding hydrogens is 434 g/mol. The standard InChI is InChI=1S/C16H17BrClNO3S2/c1-22-15-7-6-13(17)10-16(15)24(20,21)19-8-9-23-11-12-4-2-3-5-14(12)18/h2-7,10,19H,8-9,11H2,1H3. The molecule has 0 bridgehead atoms. The first-order valence-corrected chi connectivity index (χ1v) is 10.9. The third kappa shape index (κ3) is 5.39. The summed E-state index contributed by atoms with van der Waals surface area (Å²) in [6.07, 6.45) is 0. The zero-order valence-electron chi connectivity index (χ0n) is 13.0. The maximum atomic E-state index is 12.4. The molecule has 0 fully saturated rings. The van der Waals surface area contributed by atoms with Crippen molar-refractivity contribution in [1.29, 1.82) is 0 Å². The van der Waals surface area contributed by atoms with Gasteiger partial charge in [0.25, 0.3) is 0 Å². The maximum absolute atomic E-state index is 12.4. The van der Waals surface area contributed by atoms with E-state index in [0.717, 1.165) is 16.3 Å². The third-order valence-electron chi connectivity index (χ3n) is 3.17. The summed E-state index contributed by atoms with van der Waals surface area (Å²) in [6, 6.07) is 12.5. The molecule has 4 nitrogen and oxygen atoms in total. The highest BCUT2D eigenvalue weighted by atomic mass is 79.9. The molecule has 0 aromatic heterocycles. The average Bonchev–Trinajstić information content (AvgIpc) is 2.56. The Bertz CT molecular complexity index is 800. The number of methoxy groups -OCH3 is 1. The van der Waals surface area contributed by atoms with Gasteiger partial charge in [0.1, 0.15) is 10.6 Å². The molecule has 0 radical (unpaired) electrons. The molecule has 0 saturated heterocycles. The monoisotopic (exact) mass is 449 g/mol. The van der Waals surface area contributed by atoms with E-state index in [2.05, 4.69) is 20.7 Å². The van der Waals surface area contributed by atoms with Crippen LogP contribution in [-0.2, 0) is 15.8 Å². The fraction of sp³-hybridized carbons (Fsp3) is 0.250. The van der Waals surface area contributed by atoms with Crippen molar-refractivity contribution in [3.05, 3.63) is 57.5 Å². The Morgan fingerprint density at radius 1 is 1.25 bits per heavy atom. The summed E-state index contributed by atoms with van der Waals surface area (Å²) in [5.74, 6) is 1.69. The van der Waals surface area contributed by atoms with Gasteiger partial charge in [0.05, 0.1) is 7.11 Å². The fourth-order valence-corrected chi connectivity index (χ4v) is 4.99. The average molecular weight is 451 g/mol. The lowest BCUT2D eigenvalue weighted by molar-refractivity contribution is 0.402. The normalized spacial score (nSPS) is 11.5. The number of thioether (sulfide) groups is 1. The fourth-order valence-electron chi connectivity index (χ4n) is 1.98. The van der Waals surface area contributed by atoms with Crippen LogP contribution < -0.4 is 9.46 Å². The molecule has 0 aliphatic heterocycles. The zero-order valence-corrected chi connectivity index (χ0v) is 16.9. The number of benzene rings is 2. The minimum atomic E-state index is -3.62. The predicted molar refractivity (Wildman–Crippen MR) is 103 cm³/mol. The molecule has 1 N–H and O–H groups in total. The van der Waals surface area contributed by atoms with Gasteiger partial charge >= 0.3 is 0 Å². The molecule has 0 amide bonds. The first-order chi connectivity index (χ1) is 11.4. The summed E-state index contributed by atoms with van der Waals surface area (Å²) in [5.41, 5.74) is 1.04. The van der Waals surface area contributed by atoms with Gasteiger partial charge in [0.15, 0.2) is 0 Å². The highest BCUT2D eigenvalue weighted by Crippen LogP contribution is 2.27. The number of halogens is 2. The van der Waals surface area contributed by atoms with Crippen LogP contribution in [0.1, 0.15) is 5.56 Å². The van der Waals surface area contributed by atoms with Crippen molar-refractivity contribution in [2.75, 3.05) is 19.4 Å². The number of hydrogen-bond donors (Lipinski definition) is 1. The first kappa shape index (κ1) is 19.6. The van der Waals surface area contributed by atoms with Crippen LogP contribution in [-0.4, -0.2) is 27.8 Å². The van der Waals surface area contributed by atoms with Crippen molar-refractivity contribution >= 4 is 49.3 Å². The quantitative estimate of drug-likeness (QED) is 0.608. The molecule has 2 aromatic rings. The van der Waals surface area contributed by atoms with Crippen molar-refractivity contribution in [3.63, 3.8) is 0 Å². The van der Waals surface area contributed by atoms with E-state index in [1.807, 2.05) is 24.3 Å². The molecule has 24 heavy (non-hydrogen) atoms. The van der Waals surface area contributed by atoms with E-state index in [4.69, 9.17) is 16.3 Å². The Hall–Kier alpha value is -0.730. The Balaban J connectivity index is 1.90. The Morgan fingerprint density at radius 2 is 2.00 bits per heavy atom. The molecule has 0 aliphatic rings. The number of nitrogens with one attached hydrogen (secondary N) is 1. The van der Waals surface area contributed by atoms with Gasteiger partial charge in [-0.15, -0.1) is 0 Å². The topological polar surface area (TPSA) is 55.4 Å². The largest absolute Gasteiger partial charge is 0.495 e. The summed E-state index contributed by atoms with van der Waals surface area (Å²) in [6.45, 7) is 0.327. The second-order valence-corrected chi connectivity index (χ2v) is 9.00. The lowest BCUT2D eigenvalue weighted by atomic mass is 10.2. The molecule has 0 saturated carbocycles. The highest BCUT2D eigenvalue weighted by Gasteiger charge is 2.19. The van der Waals surface area contributed by atoms with Crippen molar-refractivity contribution < 1.29 is 13.2 Å². The van der Waals surface area contributed by atoms with Gasteiger partial charge in [0.2, 0.25) is 10.0 Å². The van der Waals surface area contributed by atoms with E-state index >= 15 is 0 Å². The minimum Gasteiger partial charge on any atom is -0.495 e. The van der Waals surface area contributed by atoms with E-state index in [1.165, 1.54) is 13.2 Å². The lowest BCUT2D eigenvalue weighted by Crippen LogP contribution is -2.26. The highest BCUT2D eigenvalue weighted by molar-refractivity contribution is 9.10. The summed E-state index contributed by atoms with van der Waals surface area (Å²) in [5, 5.41) is 0.726. The van der Waals surface area contributed by atoms with Crippen LogP contribution in [0.3, 0.4) is 0 Å². The van der Waals surface area contributed by atoms with Gasteiger partial charge in [-0.2, -0.15) is 11.8 Å². The van der Waals surface area contributed by atoms with Crippen molar-refractivity contribution in [2.45, 2.75) is 10.6 Å². The maximum Gasteiger partial charge on any atom is 0.244 e. The van der Waals surface area contributed by atoms with Crippen LogP contribution in [0.25, 0.3) is 0 Å². The van der Waals surface area contributed by atoms with Crippen LogP contribution >= 0.6 is 39.3 Å². The number of rotatable bonds is 8. The smallest absolute Gasteiger partial charge is 0.244 e. The van der Waals surface area contributed by atoms with Gasteiger partial charge in [-0.3, -0.25) is 0 Å². The molecular formula is C16H17BrClNO3S2. The molecule has 2 rings (SSSR count). The van der Waals surface area contributed by atoms with E-state index in [1.54, 1.807) is 23.9 Å². The Kier molecular flexibility index (Phi) is 7.43. The second kappa shape index (κ2) is 9.10. The van der Waals surface area contributed by atoms with Crippen molar-refractivity contribution in [2.24, 2.45) is 0 Å². The molecule has 0 heterocycles. The summed E-state index contributed by atoms with van der Waals surface area (Å²) in [4.78, 5) is 0.121. The van der Waals surface area contributed by atoms with Crippen LogP contribution in [0.5, 0.6) is 5.75 Å². The van der Waals surface area contributed by atoms with Crippen LogP contribution in [0.15, 0.2) is 51.8 Å². The van der Waals surface area contributed by atoms with Gasteiger partial charge in [-0.1, -0.05) is 45.7 Å². The number of ether oxygens (including phenoxy) is 1. The van der Waals surface area contributed by atoms with Gasteiger partial charge in [-0.25, -0.2) is 13.1 Å². The van der Waals surface area contributed by atoms with E-state index in [0.29, 0.717) is 22.5 Å². The summed E-state index contributed by atoms with van der Waals surface area (Å²) in [7, 11) is -2.18. The third-order valence-corrected chi connectivity index (χ3v) is 6.52. The molecule has 8 heteroatoms. The van der Waals surface area contributed by atoms with Crippen LogP contribution in [0.2, 0.25) is 5.02 Å². The summed E-state index contributed by atoms with van der Waals surface area (Å²) >= 11 is 11.0. The van der Waals surface area contributed by atoms with Gasteiger partial charge in [-0.05, 0) is 29.8 Å². The number of hydrogen-bond acceptors (Lipinski definition) is 4. The van der Waals surface area contributed by atoms with Crippen molar-refractivity contribution in [3.8, 4) is 5.75 Å². The molecule has 0 spiro atoms. The first-order valence-electron chi connectivity index (χ1n) is 7.08.